The molecule has 0 bridgehead atoms. The van der Waals surface area contributed by atoms with Gasteiger partial charge in [-0.3, -0.25) is 0 Å². The van der Waals surface area contributed by atoms with Gasteiger partial charge in [-0.15, -0.1) is 0 Å². The summed E-state index contributed by atoms with van der Waals surface area (Å²) < 4.78 is 5.23. The Kier molecular flexibility index (Phi) is 5.76. The van der Waals surface area contributed by atoms with Crippen LogP contribution < -0.4 is 17.1 Å². The third-order valence-electron chi connectivity index (χ3n) is 1.13. The Hall–Kier alpha value is -0.625. The van der Waals surface area contributed by atoms with Crippen LogP contribution in [0.5, 0.6) is 5.75 Å². The zero-order valence-corrected chi connectivity index (χ0v) is 7.21. The normalized spacial score (nSPS) is 7.73. The molecule has 0 radical (unpaired) electrons. The Morgan fingerprint density at radius 2 is 1.91 bits per heavy atom. The van der Waals surface area contributed by atoms with Gasteiger partial charge in [0.2, 0.25) is 0 Å². The summed E-state index contributed by atoms with van der Waals surface area (Å²) >= 11 is 0. The van der Waals surface area contributed by atoms with E-state index in [0.717, 1.165) is 12.1 Å². The van der Waals surface area contributed by atoms with Crippen molar-refractivity contribution in [3.63, 3.8) is 0 Å². The molecule has 0 saturated carbocycles. The van der Waals surface area contributed by atoms with Crippen LogP contribution in [0.2, 0.25) is 6.32 Å². The predicted octanol–water partition coefficient (Wildman–Crippen LogP) is -0.873. The average molecular weight is 168 g/mol. The van der Waals surface area contributed by atoms with Crippen molar-refractivity contribution in [2.75, 3.05) is 0 Å². The minimum atomic E-state index is 0. The van der Waals surface area contributed by atoms with E-state index >= 15 is 0 Å². The van der Waals surface area contributed by atoms with Gasteiger partial charge in [0.15, 0.2) is 0 Å². The Morgan fingerprint density at radius 3 is 2.45 bits per heavy atom. The summed E-state index contributed by atoms with van der Waals surface area (Å²) in [4.78, 5) is 0. The fourth-order valence-electron chi connectivity index (χ4n) is 0.679. The van der Waals surface area contributed by atoms with Crippen LogP contribution >= 0.6 is 0 Å². The number of para-hydroxylation sites is 1. The second-order valence-corrected chi connectivity index (χ2v) is 2.01. The summed E-state index contributed by atoms with van der Waals surface area (Å²) in [5, 5.41) is 0. The van der Waals surface area contributed by atoms with Crippen molar-refractivity contribution in [2.45, 2.75) is 13.2 Å². The van der Waals surface area contributed by atoms with Gasteiger partial charge < -0.3 is 12.4 Å². The van der Waals surface area contributed by atoms with E-state index in [1.165, 1.54) is 0 Å². The fourth-order valence-corrected chi connectivity index (χ4v) is 0.679. The molecule has 0 heterocycles. The molecule has 1 rings (SSSR count). The second-order valence-electron chi connectivity index (χ2n) is 2.01. The second kappa shape index (κ2) is 6.11. The van der Waals surface area contributed by atoms with E-state index in [-0.39, 0.29) is 12.4 Å². The van der Waals surface area contributed by atoms with E-state index < -0.39 is 0 Å². The smallest absolute Gasteiger partial charge is 1.00 e. The van der Waals surface area contributed by atoms with E-state index in [4.69, 9.17) is 4.65 Å². The summed E-state index contributed by atoms with van der Waals surface area (Å²) in [6, 6.07) is 9.76. The molecule has 0 saturated heterocycles. The molecule has 0 N–H and O–H groups in total. The van der Waals surface area contributed by atoms with Crippen molar-refractivity contribution < 1.29 is 17.1 Å². The first-order chi connectivity index (χ1) is 4.93. The van der Waals surface area contributed by atoms with Crippen molar-refractivity contribution in [2.24, 2.45) is 0 Å². The Morgan fingerprint density at radius 1 is 1.27 bits per heavy atom. The van der Waals surface area contributed by atoms with Crippen molar-refractivity contribution in [3.05, 3.63) is 30.3 Å². The summed E-state index contributed by atoms with van der Waals surface area (Å²) in [6.07, 6.45) is 0.939. The van der Waals surface area contributed by atoms with E-state index in [2.05, 4.69) is 0 Å². The van der Waals surface area contributed by atoms with Gasteiger partial charge in [0.25, 0.3) is 0 Å². The molecular weight excluding hydrogens is 158 g/mol. The molecule has 0 aromatic heterocycles. The molecule has 0 atom stereocenters. The molecule has 3 heteroatoms. The largest absolute Gasteiger partial charge is 1.00 e. The summed E-state index contributed by atoms with van der Waals surface area (Å²) in [5.41, 5.74) is 0. The van der Waals surface area contributed by atoms with Crippen molar-refractivity contribution >= 4 is 7.48 Å². The maximum atomic E-state index is 5.23. The number of halogens is 1. The van der Waals surface area contributed by atoms with Crippen molar-refractivity contribution in [1.29, 1.82) is 0 Å². The molecule has 0 unspecified atom stereocenters. The molecule has 1 aromatic rings. The maximum absolute atomic E-state index is 5.23. The van der Waals surface area contributed by atoms with Gasteiger partial charge in [-0.05, 0) is 0 Å². The molecule has 0 spiro atoms. The first-order valence-corrected chi connectivity index (χ1v) is 3.47. The minimum Gasteiger partial charge on any atom is -1.00 e. The van der Waals surface area contributed by atoms with Gasteiger partial charge in [0.05, 0.1) is 0 Å². The monoisotopic (exact) mass is 168 g/mol. The molecule has 1 aromatic carbocycles. The van der Waals surface area contributed by atoms with Crippen molar-refractivity contribution in [1.82, 2.24) is 0 Å². The minimum absolute atomic E-state index is 0. The number of hydrogen-bond donors (Lipinski definition) is 0. The van der Waals surface area contributed by atoms with Gasteiger partial charge in [-0.1, -0.05) is 0 Å². The van der Waals surface area contributed by atoms with Gasteiger partial charge in [-0.25, -0.2) is 0 Å². The van der Waals surface area contributed by atoms with Crippen molar-refractivity contribution in [3.8, 4) is 5.75 Å². The van der Waals surface area contributed by atoms with E-state index in [9.17, 15) is 0 Å². The zero-order valence-electron chi connectivity index (χ0n) is 6.46. The van der Waals surface area contributed by atoms with Gasteiger partial charge >= 0.3 is 61.5 Å². The number of hydrogen-bond acceptors (Lipinski definition) is 1. The van der Waals surface area contributed by atoms with Crippen LogP contribution in [0.3, 0.4) is 0 Å². The maximum Gasteiger partial charge on any atom is -1.00 e. The molecule has 58 valence electrons. The first kappa shape index (κ1) is 10.4. The van der Waals surface area contributed by atoms with Gasteiger partial charge in [0, 0.05) is 0 Å². The van der Waals surface area contributed by atoms with Crippen LogP contribution in [0.25, 0.3) is 0 Å². The molecule has 0 aliphatic heterocycles. The summed E-state index contributed by atoms with van der Waals surface area (Å²) in [5.74, 6) is 0.907. The van der Waals surface area contributed by atoms with Crippen LogP contribution in [-0.4, -0.2) is 7.48 Å². The SMILES string of the molecule is CC[B+]Oc1ccccc1.[Cl-]. The van der Waals surface area contributed by atoms with Crippen LogP contribution in [-0.2, 0) is 0 Å². The van der Waals surface area contributed by atoms with E-state index in [0.29, 0.717) is 0 Å². The molecule has 0 aliphatic carbocycles. The molecule has 0 fully saturated rings. The predicted molar refractivity (Wildman–Crippen MR) is 43.3 cm³/mol. The zero-order chi connectivity index (χ0) is 7.23. The number of rotatable bonds is 3. The quantitative estimate of drug-likeness (QED) is 0.533. The third kappa shape index (κ3) is 3.94. The molecular formula is C8H10BClO. The number of benzene rings is 1. The van der Waals surface area contributed by atoms with Gasteiger partial charge in [-0.2, -0.15) is 0 Å². The Bertz CT molecular complexity index is 179. The average Bonchev–Trinajstić information content (AvgIpc) is 2.03. The topological polar surface area (TPSA) is 9.23 Å². The third-order valence-corrected chi connectivity index (χ3v) is 1.13. The molecule has 1 nitrogen and oxygen atoms in total. The van der Waals surface area contributed by atoms with Crippen LogP contribution in [0, 0.1) is 0 Å². The van der Waals surface area contributed by atoms with Gasteiger partial charge in [0.1, 0.15) is 0 Å². The fraction of sp³-hybridized carbons (Fsp3) is 0.250. The van der Waals surface area contributed by atoms with Crippen LogP contribution in [0.15, 0.2) is 30.3 Å². The molecule has 0 amide bonds. The summed E-state index contributed by atoms with van der Waals surface area (Å²) in [6.45, 7) is 2.04. The molecule has 11 heavy (non-hydrogen) atoms. The summed E-state index contributed by atoms with van der Waals surface area (Å²) in [7, 11) is 1.79. The first-order valence-electron chi connectivity index (χ1n) is 3.47. The van der Waals surface area contributed by atoms with Crippen LogP contribution in [0.1, 0.15) is 6.92 Å². The Labute approximate surface area is 74.5 Å². The van der Waals surface area contributed by atoms with Crippen LogP contribution in [0.4, 0.5) is 0 Å². The van der Waals surface area contributed by atoms with E-state index in [1.54, 1.807) is 7.48 Å². The Balaban J connectivity index is 0.000001000. The standard InChI is InChI=1S/C8H10BO.ClH/c1-2-9-10-8-6-4-3-5-7-8;/h3-7H,2H2,1H3;1H/q+1;/p-1. The van der Waals surface area contributed by atoms with E-state index in [1.807, 2.05) is 37.3 Å². The molecule has 0 aliphatic rings.